The number of likely N-dealkylation sites (N-methyl/N-ethyl adjacent to an activating group) is 2. The predicted molar refractivity (Wildman–Crippen MR) is 88.1 cm³/mol. The molecule has 1 aromatic rings. The van der Waals surface area contributed by atoms with Crippen molar-refractivity contribution in [2.75, 3.05) is 46.9 Å². The zero-order chi connectivity index (χ0) is 16.7. The maximum Gasteiger partial charge on any atom is 0.236 e. The van der Waals surface area contributed by atoms with E-state index in [2.05, 4.69) is 10.2 Å². The number of ether oxygens (including phenoxy) is 1. The molecule has 0 aromatic heterocycles. The van der Waals surface area contributed by atoms with Crippen LogP contribution in [0.25, 0.3) is 0 Å². The first-order valence-electron chi connectivity index (χ1n) is 8.11. The first kappa shape index (κ1) is 17.7. The Bertz CT molecular complexity index is 512. The molecule has 0 saturated carbocycles. The molecule has 0 aliphatic carbocycles. The highest BCUT2D eigenvalue weighted by molar-refractivity contribution is 5.78. The van der Waals surface area contributed by atoms with Crippen molar-refractivity contribution in [2.24, 2.45) is 0 Å². The largest absolute Gasteiger partial charge is 0.489 e. The van der Waals surface area contributed by atoms with Gasteiger partial charge < -0.3 is 15.0 Å². The number of hydrogen-bond acceptors (Lipinski definition) is 4. The molecule has 1 amide bonds. The van der Waals surface area contributed by atoms with Crippen LogP contribution in [-0.2, 0) is 4.79 Å². The number of rotatable bonds is 7. The van der Waals surface area contributed by atoms with Gasteiger partial charge in [-0.3, -0.25) is 9.69 Å². The zero-order valence-corrected chi connectivity index (χ0v) is 13.9. The van der Waals surface area contributed by atoms with Gasteiger partial charge in [-0.05, 0) is 38.6 Å². The number of carbonyl (C=O) groups excluding carboxylic acids is 1. The maximum absolute atomic E-state index is 13.4. The van der Waals surface area contributed by atoms with Crippen LogP contribution in [0.3, 0.4) is 0 Å². The summed E-state index contributed by atoms with van der Waals surface area (Å²) in [6, 6.07) is 6.75. The average molecular weight is 323 g/mol. The third-order valence-electron chi connectivity index (χ3n) is 4.22. The summed E-state index contributed by atoms with van der Waals surface area (Å²) in [5.74, 6) is -0.0898. The summed E-state index contributed by atoms with van der Waals surface area (Å²) in [7, 11) is 3.72. The third-order valence-corrected chi connectivity index (χ3v) is 4.22. The summed E-state index contributed by atoms with van der Waals surface area (Å²) in [5.41, 5.74) is 0. The predicted octanol–water partition coefficient (Wildman–Crippen LogP) is 1.35. The van der Waals surface area contributed by atoms with Crippen LogP contribution >= 0.6 is 0 Å². The van der Waals surface area contributed by atoms with E-state index in [-0.39, 0.29) is 24.1 Å². The summed E-state index contributed by atoms with van der Waals surface area (Å²) in [6.45, 7) is 3.01. The fourth-order valence-electron chi connectivity index (χ4n) is 2.73. The molecule has 1 aliphatic heterocycles. The van der Waals surface area contributed by atoms with Gasteiger partial charge in [-0.2, -0.15) is 0 Å². The Balaban J connectivity index is 1.71. The number of carbonyl (C=O) groups is 1. The second-order valence-corrected chi connectivity index (χ2v) is 5.96. The highest BCUT2D eigenvalue weighted by Crippen LogP contribution is 2.15. The lowest BCUT2D eigenvalue weighted by molar-refractivity contribution is -0.131. The van der Waals surface area contributed by atoms with Gasteiger partial charge in [0.25, 0.3) is 0 Å². The van der Waals surface area contributed by atoms with Crippen LogP contribution in [0, 0.1) is 5.82 Å². The van der Waals surface area contributed by atoms with Gasteiger partial charge in [-0.15, -0.1) is 0 Å². The standard InChI is InChI=1S/C17H26FN3O2/c1-19-14-6-5-9-21(12-14)13-17(22)20(2)10-11-23-16-8-4-3-7-15(16)18/h3-4,7-8,14,19H,5-6,9-13H2,1-2H3. The van der Waals surface area contributed by atoms with Crippen molar-refractivity contribution >= 4 is 5.91 Å². The van der Waals surface area contributed by atoms with Crippen molar-refractivity contribution in [1.29, 1.82) is 0 Å². The lowest BCUT2D eigenvalue weighted by Crippen LogP contribution is -2.48. The summed E-state index contributed by atoms with van der Waals surface area (Å²) in [4.78, 5) is 16.1. The van der Waals surface area contributed by atoms with Crippen molar-refractivity contribution in [2.45, 2.75) is 18.9 Å². The van der Waals surface area contributed by atoms with Crippen molar-refractivity contribution < 1.29 is 13.9 Å². The Morgan fingerprint density at radius 2 is 2.26 bits per heavy atom. The van der Waals surface area contributed by atoms with E-state index in [0.717, 1.165) is 25.9 Å². The molecule has 1 saturated heterocycles. The minimum absolute atomic E-state index is 0.0684. The van der Waals surface area contributed by atoms with Crippen molar-refractivity contribution in [3.63, 3.8) is 0 Å². The fourth-order valence-corrected chi connectivity index (χ4v) is 2.73. The van der Waals surface area contributed by atoms with Gasteiger partial charge in [0.1, 0.15) is 6.61 Å². The number of amides is 1. The van der Waals surface area contributed by atoms with Crippen LogP contribution in [0.1, 0.15) is 12.8 Å². The van der Waals surface area contributed by atoms with Crippen LogP contribution in [0.4, 0.5) is 4.39 Å². The zero-order valence-electron chi connectivity index (χ0n) is 13.9. The van der Waals surface area contributed by atoms with Crippen molar-refractivity contribution in [1.82, 2.24) is 15.1 Å². The molecule has 128 valence electrons. The molecule has 0 radical (unpaired) electrons. The fraction of sp³-hybridized carbons (Fsp3) is 0.588. The quantitative estimate of drug-likeness (QED) is 0.823. The summed E-state index contributed by atoms with van der Waals surface area (Å²) in [6.07, 6.45) is 2.27. The Morgan fingerprint density at radius 3 is 3.00 bits per heavy atom. The summed E-state index contributed by atoms with van der Waals surface area (Å²) < 4.78 is 18.8. The van der Waals surface area contributed by atoms with E-state index in [1.54, 1.807) is 30.1 Å². The monoisotopic (exact) mass is 323 g/mol. The minimum Gasteiger partial charge on any atom is -0.489 e. The first-order chi connectivity index (χ1) is 11.1. The molecule has 1 heterocycles. The first-order valence-corrected chi connectivity index (χ1v) is 8.11. The van der Waals surface area contributed by atoms with Gasteiger partial charge >= 0.3 is 0 Å². The number of likely N-dealkylation sites (tertiary alicyclic amines) is 1. The Kier molecular flexibility index (Phi) is 6.80. The third kappa shape index (κ3) is 5.48. The minimum atomic E-state index is -0.382. The van der Waals surface area contributed by atoms with E-state index in [1.807, 2.05) is 7.05 Å². The molecule has 1 unspecified atom stereocenters. The highest BCUT2D eigenvalue weighted by atomic mass is 19.1. The lowest BCUT2D eigenvalue weighted by atomic mass is 10.1. The second-order valence-electron chi connectivity index (χ2n) is 5.96. The van der Waals surface area contributed by atoms with Crippen LogP contribution in [0.2, 0.25) is 0 Å². The van der Waals surface area contributed by atoms with Gasteiger partial charge in [0, 0.05) is 19.6 Å². The van der Waals surface area contributed by atoms with Crippen LogP contribution in [0.15, 0.2) is 24.3 Å². The van der Waals surface area contributed by atoms with Crippen LogP contribution < -0.4 is 10.1 Å². The van der Waals surface area contributed by atoms with E-state index in [0.29, 0.717) is 19.1 Å². The number of piperidine rings is 1. The molecule has 0 bridgehead atoms. The molecule has 2 rings (SSSR count). The number of nitrogens with zero attached hydrogens (tertiary/aromatic N) is 2. The number of hydrogen-bond donors (Lipinski definition) is 1. The van der Waals surface area contributed by atoms with Crippen LogP contribution in [0.5, 0.6) is 5.75 Å². The van der Waals surface area contributed by atoms with E-state index in [1.165, 1.54) is 6.07 Å². The van der Waals surface area contributed by atoms with Gasteiger partial charge in [-0.25, -0.2) is 4.39 Å². The van der Waals surface area contributed by atoms with E-state index >= 15 is 0 Å². The average Bonchev–Trinajstić information content (AvgIpc) is 2.56. The molecule has 1 N–H and O–H groups in total. The molecule has 1 fully saturated rings. The molecule has 1 aromatic carbocycles. The number of halogens is 1. The normalized spacial score (nSPS) is 18.7. The summed E-state index contributed by atoms with van der Waals surface area (Å²) in [5, 5.41) is 3.27. The topological polar surface area (TPSA) is 44.8 Å². The molecule has 0 spiro atoms. The molecule has 5 nitrogen and oxygen atoms in total. The lowest BCUT2D eigenvalue weighted by Gasteiger charge is -2.33. The van der Waals surface area contributed by atoms with Gasteiger partial charge in [-0.1, -0.05) is 12.1 Å². The molecular weight excluding hydrogens is 297 g/mol. The van der Waals surface area contributed by atoms with Crippen molar-refractivity contribution in [3.8, 4) is 5.75 Å². The molecule has 6 heteroatoms. The Hall–Kier alpha value is -1.66. The molecule has 1 aliphatic rings. The van der Waals surface area contributed by atoms with Gasteiger partial charge in [0.05, 0.1) is 13.1 Å². The van der Waals surface area contributed by atoms with Gasteiger partial charge in [0.2, 0.25) is 5.91 Å². The number of nitrogens with one attached hydrogen (secondary N) is 1. The van der Waals surface area contributed by atoms with Gasteiger partial charge in [0.15, 0.2) is 11.6 Å². The van der Waals surface area contributed by atoms with Crippen LogP contribution in [-0.4, -0.2) is 68.6 Å². The Morgan fingerprint density at radius 1 is 1.48 bits per heavy atom. The molecular formula is C17H26FN3O2. The van der Waals surface area contributed by atoms with E-state index in [9.17, 15) is 9.18 Å². The SMILES string of the molecule is CNC1CCCN(CC(=O)N(C)CCOc2ccccc2F)C1. The number of benzene rings is 1. The van der Waals surface area contributed by atoms with E-state index in [4.69, 9.17) is 4.74 Å². The van der Waals surface area contributed by atoms with E-state index < -0.39 is 0 Å². The smallest absolute Gasteiger partial charge is 0.236 e. The maximum atomic E-state index is 13.4. The highest BCUT2D eigenvalue weighted by Gasteiger charge is 2.21. The van der Waals surface area contributed by atoms with Crippen molar-refractivity contribution in [3.05, 3.63) is 30.1 Å². The molecule has 23 heavy (non-hydrogen) atoms. The summed E-state index contributed by atoms with van der Waals surface area (Å²) >= 11 is 0. The Labute approximate surface area is 137 Å². The number of para-hydroxylation sites is 1. The second kappa shape index (κ2) is 8.84. The molecule has 1 atom stereocenters.